The van der Waals surface area contributed by atoms with Crippen molar-refractivity contribution in [1.29, 1.82) is 0 Å². The molecule has 0 bridgehead atoms. The first-order valence-electron chi connectivity index (χ1n) is 6.17. The molecule has 22 heavy (non-hydrogen) atoms. The van der Waals surface area contributed by atoms with Crippen LogP contribution in [0.5, 0.6) is 0 Å². The van der Waals surface area contributed by atoms with E-state index < -0.39 is 17.7 Å². The van der Waals surface area contributed by atoms with Crippen LogP contribution in [-0.2, 0) is 6.18 Å². The molecule has 0 aromatic heterocycles. The van der Waals surface area contributed by atoms with E-state index in [1.54, 1.807) is 6.07 Å². The highest BCUT2D eigenvalue weighted by atomic mass is 35.5. The largest absolute Gasteiger partial charge is 0.478 e. The van der Waals surface area contributed by atoms with E-state index in [0.717, 1.165) is 6.07 Å². The van der Waals surface area contributed by atoms with Gasteiger partial charge in [-0.05, 0) is 36.8 Å². The van der Waals surface area contributed by atoms with E-state index in [1.165, 1.54) is 31.2 Å². The minimum Gasteiger partial charge on any atom is -0.478 e. The van der Waals surface area contributed by atoms with Crippen molar-refractivity contribution in [1.82, 2.24) is 0 Å². The van der Waals surface area contributed by atoms with Crippen molar-refractivity contribution < 1.29 is 23.1 Å². The molecule has 0 spiro atoms. The number of hydrogen-bond acceptors (Lipinski definition) is 2. The Bertz CT molecular complexity index is 729. The van der Waals surface area contributed by atoms with Crippen LogP contribution < -0.4 is 5.32 Å². The van der Waals surface area contributed by atoms with Crippen molar-refractivity contribution in [3.63, 3.8) is 0 Å². The summed E-state index contributed by atoms with van der Waals surface area (Å²) >= 11 is 5.74. The van der Waals surface area contributed by atoms with Crippen molar-refractivity contribution in [2.24, 2.45) is 0 Å². The van der Waals surface area contributed by atoms with Crippen LogP contribution in [0.1, 0.15) is 21.5 Å². The molecule has 116 valence electrons. The van der Waals surface area contributed by atoms with Crippen LogP contribution in [0.3, 0.4) is 0 Å². The van der Waals surface area contributed by atoms with Gasteiger partial charge >= 0.3 is 12.1 Å². The molecule has 0 unspecified atom stereocenters. The summed E-state index contributed by atoms with van der Waals surface area (Å²) in [5, 5.41) is 11.7. The number of alkyl halides is 3. The third kappa shape index (κ3) is 3.33. The highest BCUT2D eigenvalue weighted by Gasteiger charge is 2.33. The van der Waals surface area contributed by atoms with Gasteiger partial charge in [-0.3, -0.25) is 0 Å². The standard InChI is InChI=1S/C15H11ClF3NO2/c1-8-11(15(17,18)19)6-9(16)7-13(8)20-12-5-3-2-4-10(12)14(21)22/h2-7,20H,1H3,(H,21,22). The van der Waals surface area contributed by atoms with E-state index in [0.29, 0.717) is 0 Å². The molecule has 0 heterocycles. The number of carboxylic acids is 1. The lowest BCUT2D eigenvalue weighted by Crippen LogP contribution is -2.10. The number of anilines is 2. The van der Waals surface area contributed by atoms with Gasteiger partial charge in [-0.25, -0.2) is 4.79 Å². The average Bonchev–Trinajstić information content (AvgIpc) is 2.41. The first-order valence-corrected chi connectivity index (χ1v) is 6.54. The number of halogens is 4. The molecule has 2 aromatic carbocycles. The fourth-order valence-electron chi connectivity index (χ4n) is 2.03. The van der Waals surface area contributed by atoms with E-state index in [-0.39, 0.29) is 27.5 Å². The van der Waals surface area contributed by atoms with E-state index >= 15 is 0 Å². The molecule has 0 saturated carbocycles. The van der Waals surface area contributed by atoms with Crippen LogP contribution in [0.25, 0.3) is 0 Å². The van der Waals surface area contributed by atoms with Gasteiger partial charge in [0.15, 0.2) is 0 Å². The van der Waals surface area contributed by atoms with Gasteiger partial charge in [-0.15, -0.1) is 0 Å². The highest BCUT2D eigenvalue weighted by Crippen LogP contribution is 2.38. The smallest absolute Gasteiger partial charge is 0.416 e. The summed E-state index contributed by atoms with van der Waals surface area (Å²) in [5.41, 5.74) is -0.676. The van der Waals surface area contributed by atoms with Crippen LogP contribution in [0.2, 0.25) is 5.02 Å². The number of para-hydroxylation sites is 1. The van der Waals surface area contributed by atoms with Crippen molar-refractivity contribution >= 4 is 28.9 Å². The molecule has 7 heteroatoms. The molecule has 0 atom stereocenters. The van der Waals surface area contributed by atoms with Crippen LogP contribution in [0, 0.1) is 6.92 Å². The van der Waals surface area contributed by atoms with Crippen molar-refractivity contribution in [3.05, 3.63) is 58.1 Å². The molecule has 0 fully saturated rings. The Hall–Kier alpha value is -2.21. The lowest BCUT2D eigenvalue weighted by Gasteiger charge is -2.17. The molecule has 3 nitrogen and oxygen atoms in total. The van der Waals surface area contributed by atoms with Crippen molar-refractivity contribution in [2.45, 2.75) is 13.1 Å². The van der Waals surface area contributed by atoms with Crippen LogP contribution >= 0.6 is 11.6 Å². The molecule has 0 amide bonds. The van der Waals surface area contributed by atoms with Gasteiger partial charge in [0.25, 0.3) is 0 Å². The minimum absolute atomic E-state index is 0.0459. The quantitative estimate of drug-likeness (QED) is 0.822. The Morgan fingerprint density at radius 2 is 1.82 bits per heavy atom. The summed E-state index contributed by atoms with van der Waals surface area (Å²) in [6.07, 6.45) is -4.54. The Labute approximate surface area is 129 Å². The molecule has 0 radical (unpaired) electrons. The Kier molecular flexibility index (Phi) is 4.32. The zero-order valence-electron chi connectivity index (χ0n) is 11.3. The zero-order chi connectivity index (χ0) is 16.5. The molecule has 2 rings (SSSR count). The summed E-state index contributed by atoms with van der Waals surface area (Å²) < 4.78 is 38.9. The normalized spacial score (nSPS) is 11.3. The summed E-state index contributed by atoms with van der Waals surface area (Å²) in [4.78, 5) is 11.1. The van der Waals surface area contributed by atoms with Gasteiger partial charge in [0.05, 0.1) is 16.8 Å². The predicted octanol–water partition coefficient (Wildman–Crippen LogP) is 5.11. The zero-order valence-corrected chi connectivity index (χ0v) is 12.1. The van der Waals surface area contributed by atoms with Gasteiger partial charge in [-0.2, -0.15) is 13.2 Å². The minimum atomic E-state index is -4.54. The van der Waals surface area contributed by atoms with E-state index in [4.69, 9.17) is 16.7 Å². The molecule has 0 saturated heterocycles. The van der Waals surface area contributed by atoms with Gasteiger partial charge in [-0.1, -0.05) is 23.7 Å². The SMILES string of the molecule is Cc1c(Nc2ccccc2C(=O)O)cc(Cl)cc1C(F)(F)F. The second-order valence-electron chi connectivity index (χ2n) is 4.60. The van der Waals surface area contributed by atoms with Crippen LogP contribution in [-0.4, -0.2) is 11.1 Å². The summed E-state index contributed by atoms with van der Waals surface area (Å²) in [5.74, 6) is -1.18. The van der Waals surface area contributed by atoms with E-state index in [1.807, 2.05) is 0 Å². The highest BCUT2D eigenvalue weighted by molar-refractivity contribution is 6.31. The first-order chi connectivity index (χ1) is 10.2. The lowest BCUT2D eigenvalue weighted by molar-refractivity contribution is -0.138. The number of nitrogens with one attached hydrogen (secondary N) is 1. The van der Waals surface area contributed by atoms with Gasteiger partial charge in [0, 0.05) is 10.7 Å². The number of hydrogen-bond donors (Lipinski definition) is 2. The molecular formula is C15H11ClF3NO2. The number of benzene rings is 2. The number of carbonyl (C=O) groups is 1. The third-order valence-corrected chi connectivity index (χ3v) is 3.32. The summed E-state index contributed by atoms with van der Waals surface area (Å²) in [6.45, 7) is 1.30. The maximum absolute atomic E-state index is 13.0. The summed E-state index contributed by atoms with van der Waals surface area (Å²) in [7, 11) is 0. The molecule has 0 aliphatic carbocycles. The lowest BCUT2D eigenvalue weighted by atomic mass is 10.1. The topological polar surface area (TPSA) is 49.3 Å². The Balaban J connectivity index is 2.52. The maximum Gasteiger partial charge on any atom is 0.416 e. The fraction of sp³-hybridized carbons (Fsp3) is 0.133. The maximum atomic E-state index is 13.0. The predicted molar refractivity (Wildman–Crippen MR) is 77.9 cm³/mol. The van der Waals surface area contributed by atoms with Crippen molar-refractivity contribution in [2.75, 3.05) is 5.32 Å². The average molecular weight is 330 g/mol. The Morgan fingerprint density at radius 1 is 1.18 bits per heavy atom. The monoisotopic (exact) mass is 329 g/mol. The van der Waals surface area contributed by atoms with E-state index in [2.05, 4.69) is 5.32 Å². The molecule has 0 aliphatic heterocycles. The van der Waals surface area contributed by atoms with Crippen molar-refractivity contribution in [3.8, 4) is 0 Å². The fourth-order valence-corrected chi connectivity index (χ4v) is 2.25. The molecule has 2 N–H and O–H groups in total. The Morgan fingerprint density at radius 3 is 2.41 bits per heavy atom. The van der Waals surface area contributed by atoms with Crippen LogP contribution in [0.15, 0.2) is 36.4 Å². The summed E-state index contributed by atoms with van der Waals surface area (Å²) in [6, 6.07) is 8.10. The second-order valence-corrected chi connectivity index (χ2v) is 5.04. The second kappa shape index (κ2) is 5.88. The van der Waals surface area contributed by atoms with Crippen LogP contribution in [0.4, 0.5) is 24.5 Å². The van der Waals surface area contributed by atoms with Gasteiger partial charge in [0.1, 0.15) is 0 Å². The first kappa shape index (κ1) is 16.2. The number of aromatic carboxylic acids is 1. The van der Waals surface area contributed by atoms with E-state index in [9.17, 15) is 18.0 Å². The molecule has 2 aromatic rings. The molecular weight excluding hydrogens is 319 g/mol. The van der Waals surface area contributed by atoms with Gasteiger partial charge < -0.3 is 10.4 Å². The third-order valence-electron chi connectivity index (χ3n) is 3.10. The molecule has 0 aliphatic rings. The number of rotatable bonds is 3. The van der Waals surface area contributed by atoms with Gasteiger partial charge in [0.2, 0.25) is 0 Å². The number of carboxylic acid groups (broad SMARTS) is 1.